The first-order valence-corrected chi connectivity index (χ1v) is 13.6. The number of carbonyl (C=O) groups excluding carboxylic acids is 5. The van der Waals surface area contributed by atoms with Gasteiger partial charge in [0.05, 0.1) is 5.92 Å². The number of hydrogen-bond acceptors (Lipinski definition) is 6. The number of piperidine rings is 1. The fourth-order valence-corrected chi connectivity index (χ4v) is 5.51. The van der Waals surface area contributed by atoms with Gasteiger partial charge >= 0.3 is 12.0 Å². The van der Waals surface area contributed by atoms with Crippen LogP contribution < -0.4 is 16.0 Å². The molecule has 0 aromatic heterocycles. The predicted molar refractivity (Wildman–Crippen MR) is 146 cm³/mol. The molecule has 10 heteroatoms. The quantitative estimate of drug-likeness (QED) is 0.390. The molecule has 5 rings (SSSR count). The SMILES string of the molecule is CC(C)(C)OC(=O)C1CCc2cc(NC(=O)NCc3ccc4c(c3)CN(C3CCC(=O)NC3=O)C4=O)ccc2C1. The Bertz CT molecular complexity index is 1400. The van der Waals surface area contributed by atoms with Gasteiger partial charge in [0, 0.05) is 30.8 Å². The lowest BCUT2D eigenvalue weighted by Crippen LogP contribution is -2.52. The minimum Gasteiger partial charge on any atom is -0.460 e. The highest BCUT2D eigenvalue weighted by Crippen LogP contribution is 2.30. The summed E-state index contributed by atoms with van der Waals surface area (Å²) in [6.45, 7) is 6.15. The van der Waals surface area contributed by atoms with Crippen LogP contribution in [0.15, 0.2) is 36.4 Å². The lowest BCUT2D eigenvalue weighted by molar-refractivity contribution is -0.160. The molecule has 5 amide bonds. The van der Waals surface area contributed by atoms with Gasteiger partial charge in [-0.05, 0) is 86.9 Å². The molecule has 210 valence electrons. The van der Waals surface area contributed by atoms with E-state index in [1.807, 2.05) is 45.0 Å². The summed E-state index contributed by atoms with van der Waals surface area (Å²) < 4.78 is 5.55. The van der Waals surface area contributed by atoms with Gasteiger partial charge in [0.25, 0.3) is 5.91 Å². The fourth-order valence-electron chi connectivity index (χ4n) is 5.51. The molecule has 40 heavy (non-hydrogen) atoms. The molecule has 2 atom stereocenters. The number of nitrogens with zero attached hydrogens (tertiary/aromatic N) is 1. The van der Waals surface area contributed by atoms with Crippen LogP contribution in [0.2, 0.25) is 0 Å². The molecule has 10 nitrogen and oxygen atoms in total. The number of fused-ring (bicyclic) bond motifs is 2. The normalized spacial score (nSPS) is 20.4. The summed E-state index contributed by atoms with van der Waals surface area (Å²) in [5.41, 5.74) is 4.51. The summed E-state index contributed by atoms with van der Waals surface area (Å²) in [5, 5.41) is 8.02. The molecular weight excluding hydrogens is 512 g/mol. The number of amides is 5. The predicted octanol–water partition coefficient (Wildman–Crippen LogP) is 3.22. The van der Waals surface area contributed by atoms with Crippen LogP contribution in [0.25, 0.3) is 0 Å². The Labute approximate surface area is 232 Å². The van der Waals surface area contributed by atoms with Crippen molar-refractivity contribution >= 4 is 35.4 Å². The highest BCUT2D eigenvalue weighted by Gasteiger charge is 2.39. The maximum atomic E-state index is 12.9. The van der Waals surface area contributed by atoms with E-state index in [1.54, 1.807) is 12.1 Å². The summed E-state index contributed by atoms with van der Waals surface area (Å²) in [4.78, 5) is 63.2. The van der Waals surface area contributed by atoms with E-state index in [9.17, 15) is 24.0 Å². The Morgan fingerprint density at radius 2 is 1.80 bits per heavy atom. The van der Waals surface area contributed by atoms with Gasteiger partial charge in [0.15, 0.2) is 0 Å². The zero-order chi connectivity index (χ0) is 28.6. The van der Waals surface area contributed by atoms with Crippen molar-refractivity contribution in [2.75, 3.05) is 5.32 Å². The van der Waals surface area contributed by atoms with Crippen molar-refractivity contribution < 1.29 is 28.7 Å². The molecule has 0 spiro atoms. The lowest BCUT2D eigenvalue weighted by atomic mass is 9.83. The first kappa shape index (κ1) is 27.4. The number of benzene rings is 2. The van der Waals surface area contributed by atoms with Crippen molar-refractivity contribution in [2.24, 2.45) is 5.92 Å². The zero-order valence-corrected chi connectivity index (χ0v) is 23.0. The lowest BCUT2D eigenvalue weighted by Gasteiger charge is -2.29. The Balaban J connectivity index is 1.14. The van der Waals surface area contributed by atoms with E-state index < -0.39 is 17.6 Å². The van der Waals surface area contributed by atoms with Crippen molar-refractivity contribution in [3.63, 3.8) is 0 Å². The highest BCUT2D eigenvalue weighted by molar-refractivity contribution is 6.05. The molecule has 1 fully saturated rings. The Kier molecular flexibility index (Phi) is 7.35. The van der Waals surface area contributed by atoms with Gasteiger partial charge in [-0.3, -0.25) is 24.5 Å². The number of ether oxygens (including phenoxy) is 1. The Morgan fingerprint density at radius 1 is 1.00 bits per heavy atom. The van der Waals surface area contributed by atoms with Crippen molar-refractivity contribution in [1.29, 1.82) is 0 Å². The maximum Gasteiger partial charge on any atom is 0.319 e. The van der Waals surface area contributed by atoms with Gasteiger partial charge in [-0.1, -0.05) is 18.2 Å². The molecule has 2 heterocycles. The third-order valence-corrected chi connectivity index (χ3v) is 7.47. The number of aryl methyl sites for hydroxylation is 1. The van der Waals surface area contributed by atoms with E-state index >= 15 is 0 Å². The topological polar surface area (TPSA) is 134 Å². The van der Waals surface area contributed by atoms with E-state index in [-0.39, 0.29) is 49.2 Å². The standard InChI is InChI=1S/C30H34N4O6/c1-30(2,3)40-28(38)20-6-5-19-14-22(8-7-18(19)13-20)32-29(39)31-15-17-4-9-23-21(12-17)16-34(27(23)37)24-10-11-25(35)33-26(24)36/h4,7-9,12,14,20,24H,5-6,10-11,13,15-16H2,1-3H3,(H2,31,32,39)(H,33,35,36). The molecule has 3 N–H and O–H groups in total. The summed E-state index contributed by atoms with van der Waals surface area (Å²) in [5.74, 6) is -1.32. The number of rotatable bonds is 5. The highest BCUT2D eigenvalue weighted by atomic mass is 16.6. The largest absolute Gasteiger partial charge is 0.460 e. The van der Waals surface area contributed by atoms with E-state index in [1.165, 1.54) is 4.90 Å². The number of hydrogen-bond donors (Lipinski definition) is 3. The number of anilines is 1. The van der Waals surface area contributed by atoms with Crippen LogP contribution in [-0.4, -0.2) is 46.3 Å². The van der Waals surface area contributed by atoms with Crippen LogP contribution in [0.5, 0.6) is 0 Å². The zero-order valence-electron chi connectivity index (χ0n) is 23.0. The summed E-state index contributed by atoms with van der Waals surface area (Å²) in [7, 11) is 0. The molecule has 0 bridgehead atoms. The van der Waals surface area contributed by atoms with Crippen LogP contribution in [-0.2, 0) is 45.1 Å². The van der Waals surface area contributed by atoms with Gasteiger partial charge < -0.3 is 20.3 Å². The molecule has 1 saturated heterocycles. The summed E-state index contributed by atoms with van der Waals surface area (Å²) in [6.07, 6.45) is 2.58. The number of esters is 1. The van der Waals surface area contributed by atoms with E-state index in [4.69, 9.17) is 4.74 Å². The van der Waals surface area contributed by atoms with Gasteiger partial charge in [-0.2, -0.15) is 0 Å². The molecular formula is C30H34N4O6. The number of carbonyl (C=O) groups is 5. The van der Waals surface area contributed by atoms with Crippen LogP contribution in [0, 0.1) is 5.92 Å². The molecule has 2 aliphatic heterocycles. The molecule has 2 aromatic carbocycles. The third kappa shape index (κ3) is 6.00. The van der Waals surface area contributed by atoms with E-state index in [0.717, 1.165) is 28.7 Å². The van der Waals surface area contributed by atoms with Crippen LogP contribution in [0.4, 0.5) is 10.5 Å². The molecule has 0 saturated carbocycles. The number of nitrogens with one attached hydrogen (secondary N) is 3. The number of urea groups is 1. The fraction of sp³-hybridized carbons (Fsp3) is 0.433. The second kappa shape index (κ2) is 10.7. The van der Waals surface area contributed by atoms with E-state index in [0.29, 0.717) is 30.5 Å². The third-order valence-electron chi connectivity index (χ3n) is 7.47. The minimum absolute atomic E-state index is 0.160. The maximum absolute atomic E-state index is 12.9. The summed E-state index contributed by atoms with van der Waals surface area (Å²) in [6, 6.07) is 10.1. The first-order valence-electron chi connectivity index (χ1n) is 13.6. The monoisotopic (exact) mass is 546 g/mol. The Morgan fingerprint density at radius 3 is 2.55 bits per heavy atom. The first-order chi connectivity index (χ1) is 19.0. The molecule has 1 aliphatic carbocycles. The second-order valence-electron chi connectivity index (χ2n) is 11.7. The van der Waals surface area contributed by atoms with E-state index in [2.05, 4.69) is 16.0 Å². The van der Waals surface area contributed by atoms with Crippen LogP contribution in [0.3, 0.4) is 0 Å². The molecule has 3 aliphatic rings. The second-order valence-corrected chi connectivity index (χ2v) is 11.7. The summed E-state index contributed by atoms with van der Waals surface area (Å²) >= 11 is 0. The van der Waals surface area contributed by atoms with Crippen molar-refractivity contribution in [3.8, 4) is 0 Å². The van der Waals surface area contributed by atoms with Crippen molar-refractivity contribution in [1.82, 2.24) is 15.5 Å². The Hall–Kier alpha value is -4.21. The minimum atomic E-state index is -0.662. The average molecular weight is 547 g/mol. The van der Waals surface area contributed by atoms with Crippen molar-refractivity contribution in [3.05, 3.63) is 64.2 Å². The van der Waals surface area contributed by atoms with Gasteiger partial charge in [0.1, 0.15) is 11.6 Å². The molecule has 2 unspecified atom stereocenters. The number of imide groups is 1. The molecule has 0 radical (unpaired) electrons. The average Bonchev–Trinajstić information content (AvgIpc) is 3.21. The van der Waals surface area contributed by atoms with Crippen molar-refractivity contribution in [2.45, 2.75) is 77.6 Å². The van der Waals surface area contributed by atoms with Gasteiger partial charge in [-0.25, -0.2) is 4.79 Å². The van der Waals surface area contributed by atoms with Crippen LogP contribution >= 0.6 is 0 Å². The van der Waals surface area contributed by atoms with Gasteiger partial charge in [-0.15, -0.1) is 0 Å². The smallest absolute Gasteiger partial charge is 0.319 e. The van der Waals surface area contributed by atoms with Gasteiger partial charge in [0.2, 0.25) is 11.8 Å². The molecule has 2 aromatic rings. The van der Waals surface area contributed by atoms with Crippen LogP contribution in [0.1, 0.15) is 72.6 Å².